The molecule has 2 fully saturated rings. The second-order valence-corrected chi connectivity index (χ2v) is 9.64. The lowest BCUT2D eigenvalue weighted by Crippen LogP contribution is -2.49. The smallest absolute Gasteiger partial charge is 0.414 e. The Bertz CT molecular complexity index is 1060. The van der Waals surface area contributed by atoms with Crippen LogP contribution < -0.4 is 15.5 Å². The van der Waals surface area contributed by atoms with Crippen molar-refractivity contribution in [1.82, 2.24) is 15.5 Å². The minimum Gasteiger partial charge on any atom is -0.442 e. The number of carbonyl (C=O) groups excluding carboxylic acids is 3. The maximum Gasteiger partial charge on any atom is 0.414 e. The Hall–Kier alpha value is -2.82. The molecule has 0 radical (unpaired) electrons. The molecule has 3 heterocycles. The first-order chi connectivity index (χ1) is 15.9. The van der Waals surface area contributed by atoms with E-state index >= 15 is 0 Å². The zero-order chi connectivity index (χ0) is 23.5. The highest BCUT2D eigenvalue weighted by Gasteiger charge is 2.34. The molecule has 11 heteroatoms. The van der Waals surface area contributed by atoms with Crippen LogP contribution in [0.3, 0.4) is 0 Å². The number of amides is 4. The van der Waals surface area contributed by atoms with Crippen LogP contribution in [0.1, 0.15) is 33.3 Å². The van der Waals surface area contributed by atoms with Gasteiger partial charge in [-0.25, -0.2) is 9.59 Å². The fraction of sp³-hybridized carbons (Fsp3) is 0.409. The van der Waals surface area contributed by atoms with E-state index in [0.29, 0.717) is 28.0 Å². The minimum absolute atomic E-state index is 0.113. The van der Waals surface area contributed by atoms with Gasteiger partial charge in [0.15, 0.2) is 0 Å². The van der Waals surface area contributed by atoms with Gasteiger partial charge in [0.25, 0.3) is 5.91 Å². The number of anilines is 1. The molecule has 0 saturated carbocycles. The Kier molecular flexibility index (Phi) is 7.06. The van der Waals surface area contributed by atoms with Gasteiger partial charge >= 0.3 is 12.1 Å². The van der Waals surface area contributed by atoms with Gasteiger partial charge in [0, 0.05) is 18.8 Å². The number of benzene rings is 1. The Morgan fingerprint density at radius 1 is 1.33 bits per heavy atom. The summed E-state index contributed by atoms with van der Waals surface area (Å²) in [6, 6.07) is 8.63. The van der Waals surface area contributed by atoms with Gasteiger partial charge in [-0.05, 0) is 48.7 Å². The summed E-state index contributed by atoms with van der Waals surface area (Å²) in [6.07, 6.45) is -0.215. The topological polar surface area (TPSA) is 111 Å². The summed E-state index contributed by atoms with van der Waals surface area (Å²) in [5.74, 6) is -0.259. The maximum atomic E-state index is 12.5. The number of urea groups is 1. The van der Waals surface area contributed by atoms with E-state index in [1.165, 1.54) is 16.2 Å². The summed E-state index contributed by atoms with van der Waals surface area (Å²) in [5.41, 5.74) is 2.61. The molecule has 2 aromatic rings. The molecule has 1 unspecified atom stereocenters. The standard InChI is InChI=1S/C22H25ClN4O5S/c1-13-10-14(2-3-16(13)17-6-7-24-21(30)26(17)8-9-28)27-12-15(32-22(27)31)11-25-20(29)18-4-5-19(23)33-18/h2-5,10,15,17,28H,6-9,11-12H2,1H3,(H,24,30)(H,25,29)/t15-,17?/m0/s1. The number of rotatable bonds is 7. The highest BCUT2D eigenvalue weighted by Crippen LogP contribution is 2.32. The van der Waals surface area contributed by atoms with Crippen molar-refractivity contribution < 1.29 is 24.2 Å². The molecule has 0 aliphatic carbocycles. The molecule has 4 amide bonds. The molecule has 0 bridgehead atoms. The molecule has 1 aromatic carbocycles. The second-order valence-electron chi connectivity index (χ2n) is 7.92. The number of aliphatic hydroxyl groups is 1. The molecule has 3 N–H and O–H groups in total. The number of hydrogen-bond acceptors (Lipinski definition) is 6. The molecule has 2 saturated heterocycles. The molecule has 2 atom stereocenters. The highest BCUT2D eigenvalue weighted by atomic mass is 35.5. The van der Waals surface area contributed by atoms with Crippen molar-refractivity contribution in [2.24, 2.45) is 0 Å². The fourth-order valence-corrected chi connectivity index (χ4v) is 5.13. The number of hydrogen-bond donors (Lipinski definition) is 3. The van der Waals surface area contributed by atoms with E-state index in [-0.39, 0.29) is 37.7 Å². The third kappa shape index (κ3) is 5.07. The molecule has 2 aliphatic heterocycles. The number of aryl methyl sites for hydroxylation is 1. The maximum absolute atomic E-state index is 12.5. The number of nitrogens with zero attached hydrogens (tertiary/aromatic N) is 2. The zero-order valence-electron chi connectivity index (χ0n) is 18.0. The molecule has 9 nitrogen and oxygen atoms in total. The lowest BCUT2D eigenvalue weighted by atomic mass is 9.95. The van der Waals surface area contributed by atoms with Crippen LogP contribution in [-0.2, 0) is 4.74 Å². The average molecular weight is 493 g/mol. The van der Waals surface area contributed by atoms with Crippen molar-refractivity contribution in [3.63, 3.8) is 0 Å². The molecular formula is C22H25ClN4O5S. The largest absolute Gasteiger partial charge is 0.442 e. The normalized spacial score (nSPS) is 20.6. The van der Waals surface area contributed by atoms with E-state index in [0.717, 1.165) is 17.5 Å². The van der Waals surface area contributed by atoms with Gasteiger partial charge in [-0.15, -0.1) is 11.3 Å². The van der Waals surface area contributed by atoms with E-state index in [4.69, 9.17) is 16.3 Å². The van der Waals surface area contributed by atoms with Gasteiger partial charge < -0.3 is 25.4 Å². The van der Waals surface area contributed by atoms with E-state index in [1.54, 1.807) is 17.0 Å². The van der Waals surface area contributed by atoms with Gasteiger partial charge in [0.1, 0.15) is 6.10 Å². The first kappa shape index (κ1) is 23.3. The van der Waals surface area contributed by atoms with Crippen LogP contribution in [0.15, 0.2) is 30.3 Å². The lowest BCUT2D eigenvalue weighted by molar-refractivity contribution is 0.0920. The predicted octanol–water partition coefficient (Wildman–Crippen LogP) is 2.91. The number of ether oxygens (including phenoxy) is 1. The fourth-order valence-electron chi connectivity index (χ4n) is 4.17. The first-order valence-electron chi connectivity index (χ1n) is 10.6. The predicted molar refractivity (Wildman–Crippen MR) is 125 cm³/mol. The van der Waals surface area contributed by atoms with Crippen LogP contribution >= 0.6 is 22.9 Å². The average Bonchev–Trinajstić information content (AvgIpc) is 3.39. The summed E-state index contributed by atoms with van der Waals surface area (Å²) in [5, 5.41) is 14.9. The summed E-state index contributed by atoms with van der Waals surface area (Å²) < 4.78 is 5.96. The van der Waals surface area contributed by atoms with E-state index < -0.39 is 12.2 Å². The number of β-amino-alcohol motifs (C(OH)–C–C–N with tert-alkyl or cyclic N) is 1. The quantitative estimate of drug-likeness (QED) is 0.550. The number of thiophene rings is 1. The van der Waals surface area contributed by atoms with E-state index in [9.17, 15) is 19.5 Å². The first-order valence-corrected chi connectivity index (χ1v) is 11.8. The van der Waals surface area contributed by atoms with Crippen molar-refractivity contribution >= 4 is 46.7 Å². The number of aliphatic hydroxyl groups excluding tert-OH is 1. The lowest BCUT2D eigenvalue weighted by Gasteiger charge is -2.36. The van der Waals surface area contributed by atoms with Crippen molar-refractivity contribution in [2.45, 2.75) is 25.5 Å². The highest BCUT2D eigenvalue weighted by molar-refractivity contribution is 7.18. The van der Waals surface area contributed by atoms with Gasteiger partial charge in [-0.2, -0.15) is 0 Å². The Morgan fingerprint density at radius 2 is 2.15 bits per heavy atom. The third-order valence-corrected chi connectivity index (χ3v) is 6.99. The number of halogens is 1. The summed E-state index contributed by atoms with van der Waals surface area (Å²) in [7, 11) is 0. The van der Waals surface area contributed by atoms with Gasteiger partial charge in [-0.1, -0.05) is 17.7 Å². The Balaban J connectivity index is 1.41. The van der Waals surface area contributed by atoms with Gasteiger partial charge in [0.05, 0.1) is 35.0 Å². The van der Waals surface area contributed by atoms with Crippen LogP contribution in [0.2, 0.25) is 4.34 Å². The number of cyclic esters (lactones) is 1. The van der Waals surface area contributed by atoms with E-state index in [2.05, 4.69) is 10.6 Å². The van der Waals surface area contributed by atoms with Crippen molar-refractivity contribution in [3.8, 4) is 0 Å². The molecule has 33 heavy (non-hydrogen) atoms. The molecule has 4 rings (SSSR count). The van der Waals surface area contributed by atoms with Crippen LogP contribution in [0, 0.1) is 6.92 Å². The second kappa shape index (κ2) is 9.98. The molecule has 0 spiro atoms. The van der Waals surface area contributed by atoms with Crippen molar-refractivity contribution in [1.29, 1.82) is 0 Å². The SMILES string of the molecule is Cc1cc(N2C[C@H](CNC(=O)c3ccc(Cl)s3)OC2=O)ccc1C1CCNC(=O)N1CCO. The summed E-state index contributed by atoms with van der Waals surface area (Å²) in [6.45, 7) is 3.15. The number of nitrogens with one attached hydrogen (secondary N) is 2. The van der Waals surface area contributed by atoms with Gasteiger partial charge in [0.2, 0.25) is 0 Å². The van der Waals surface area contributed by atoms with Crippen molar-refractivity contribution in [3.05, 3.63) is 50.7 Å². The molecule has 1 aromatic heterocycles. The molecule has 176 valence electrons. The van der Waals surface area contributed by atoms with Crippen LogP contribution in [0.25, 0.3) is 0 Å². The summed E-state index contributed by atoms with van der Waals surface area (Å²) >= 11 is 7.06. The van der Waals surface area contributed by atoms with Crippen LogP contribution in [0.5, 0.6) is 0 Å². The zero-order valence-corrected chi connectivity index (χ0v) is 19.6. The van der Waals surface area contributed by atoms with E-state index in [1.807, 2.05) is 25.1 Å². The Labute approximate surface area is 200 Å². The van der Waals surface area contributed by atoms with Crippen LogP contribution in [0.4, 0.5) is 15.3 Å². The summed E-state index contributed by atoms with van der Waals surface area (Å²) in [4.78, 5) is 40.6. The van der Waals surface area contributed by atoms with Crippen molar-refractivity contribution in [2.75, 3.05) is 37.7 Å². The monoisotopic (exact) mass is 492 g/mol. The third-order valence-electron chi connectivity index (χ3n) is 5.76. The van der Waals surface area contributed by atoms with Crippen LogP contribution in [-0.4, -0.2) is 66.9 Å². The van der Waals surface area contributed by atoms with Gasteiger partial charge in [-0.3, -0.25) is 9.69 Å². The number of carbonyl (C=O) groups is 3. The minimum atomic E-state index is -0.473. The molecule has 2 aliphatic rings. The molecular weight excluding hydrogens is 468 g/mol. The Morgan fingerprint density at radius 3 is 2.85 bits per heavy atom.